The first kappa shape index (κ1) is 12.0. The van der Waals surface area contributed by atoms with E-state index >= 15 is 0 Å². The van der Waals surface area contributed by atoms with Gasteiger partial charge in [0.25, 0.3) is 0 Å². The van der Waals surface area contributed by atoms with Gasteiger partial charge in [0, 0.05) is 24.7 Å². The molecule has 0 aliphatic heterocycles. The lowest BCUT2D eigenvalue weighted by atomic mass is 10.1. The number of nitrogens with zero attached hydrogens (tertiary/aromatic N) is 1. The minimum atomic E-state index is 0.122. The Balaban J connectivity index is 1.68. The molecule has 0 atom stereocenters. The first-order valence-electron chi connectivity index (χ1n) is 6.57. The molecule has 0 saturated heterocycles. The molecular weight excluding hydrogens is 240 g/mol. The molecular formula is C15H16N2O2. The van der Waals surface area contributed by atoms with Crippen molar-refractivity contribution in [2.45, 2.75) is 25.8 Å². The maximum absolute atomic E-state index is 11.7. The molecule has 4 nitrogen and oxygen atoms in total. The van der Waals surface area contributed by atoms with E-state index in [0.717, 1.165) is 17.0 Å². The summed E-state index contributed by atoms with van der Waals surface area (Å²) in [4.78, 5) is 16.0. The standard InChI is InChI=1S/C15H16N2O2/c18-14(9-11-5-6-11)17-10-12-3-1-7-16-15(12)13-4-2-8-19-13/h1-4,7-8,11H,5-6,9-10H2,(H,17,18). The second-order valence-electron chi connectivity index (χ2n) is 4.91. The Hall–Kier alpha value is -2.10. The number of hydrogen-bond acceptors (Lipinski definition) is 3. The minimum Gasteiger partial charge on any atom is -0.463 e. The third-order valence-corrected chi connectivity index (χ3v) is 3.29. The number of amides is 1. The quantitative estimate of drug-likeness (QED) is 0.895. The van der Waals surface area contributed by atoms with Crippen molar-refractivity contribution in [3.8, 4) is 11.5 Å². The number of pyridine rings is 1. The fourth-order valence-corrected chi connectivity index (χ4v) is 2.07. The molecule has 1 amide bonds. The second kappa shape index (κ2) is 5.26. The van der Waals surface area contributed by atoms with Crippen molar-refractivity contribution >= 4 is 5.91 Å². The van der Waals surface area contributed by atoms with Gasteiger partial charge in [0.1, 0.15) is 5.69 Å². The van der Waals surface area contributed by atoms with E-state index in [1.54, 1.807) is 12.5 Å². The van der Waals surface area contributed by atoms with E-state index in [4.69, 9.17) is 4.42 Å². The van der Waals surface area contributed by atoms with Crippen molar-refractivity contribution in [3.63, 3.8) is 0 Å². The molecule has 3 rings (SSSR count). The zero-order valence-electron chi connectivity index (χ0n) is 10.6. The molecule has 1 aliphatic rings. The van der Waals surface area contributed by atoms with Crippen molar-refractivity contribution in [1.82, 2.24) is 10.3 Å². The predicted molar refractivity (Wildman–Crippen MR) is 71.1 cm³/mol. The summed E-state index contributed by atoms with van der Waals surface area (Å²) in [5, 5.41) is 2.95. The summed E-state index contributed by atoms with van der Waals surface area (Å²) in [6.45, 7) is 0.495. The number of nitrogens with one attached hydrogen (secondary N) is 1. The Morgan fingerprint density at radius 1 is 1.37 bits per heavy atom. The Morgan fingerprint density at radius 2 is 2.26 bits per heavy atom. The highest BCUT2D eigenvalue weighted by atomic mass is 16.3. The highest BCUT2D eigenvalue weighted by Gasteiger charge is 2.24. The molecule has 0 radical (unpaired) electrons. The fourth-order valence-electron chi connectivity index (χ4n) is 2.07. The Kier molecular flexibility index (Phi) is 3.31. The Bertz CT molecular complexity index is 559. The van der Waals surface area contributed by atoms with E-state index in [9.17, 15) is 4.79 Å². The van der Waals surface area contributed by atoms with Crippen LogP contribution in [0.3, 0.4) is 0 Å². The van der Waals surface area contributed by atoms with Crippen molar-refractivity contribution in [2.24, 2.45) is 5.92 Å². The first-order valence-corrected chi connectivity index (χ1v) is 6.57. The van der Waals surface area contributed by atoms with Gasteiger partial charge in [0.05, 0.1) is 6.26 Å². The molecule has 2 heterocycles. The topological polar surface area (TPSA) is 55.1 Å². The highest BCUT2D eigenvalue weighted by molar-refractivity contribution is 5.76. The second-order valence-corrected chi connectivity index (χ2v) is 4.91. The number of furan rings is 1. The third kappa shape index (κ3) is 3.02. The van der Waals surface area contributed by atoms with Crippen LogP contribution in [0.4, 0.5) is 0 Å². The number of carbonyl (C=O) groups excluding carboxylic acids is 1. The van der Waals surface area contributed by atoms with Crippen LogP contribution in [0.15, 0.2) is 41.1 Å². The van der Waals surface area contributed by atoms with Crippen molar-refractivity contribution in [1.29, 1.82) is 0 Å². The SMILES string of the molecule is O=C(CC1CC1)NCc1cccnc1-c1ccco1. The van der Waals surface area contributed by atoms with Crippen LogP contribution in [-0.2, 0) is 11.3 Å². The third-order valence-electron chi connectivity index (χ3n) is 3.29. The molecule has 19 heavy (non-hydrogen) atoms. The molecule has 0 bridgehead atoms. The van der Waals surface area contributed by atoms with Gasteiger partial charge in [-0.2, -0.15) is 0 Å². The predicted octanol–water partition coefficient (Wildman–Crippen LogP) is 2.76. The highest BCUT2D eigenvalue weighted by Crippen LogP contribution is 2.32. The summed E-state index contributed by atoms with van der Waals surface area (Å²) < 4.78 is 5.37. The molecule has 0 spiro atoms. The van der Waals surface area contributed by atoms with Gasteiger partial charge in [-0.15, -0.1) is 0 Å². The van der Waals surface area contributed by atoms with Crippen LogP contribution in [0.5, 0.6) is 0 Å². The van der Waals surface area contributed by atoms with Gasteiger partial charge in [-0.1, -0.05) is 6.07 Å². The maximum Gasteiger partial charge on any atom is 0.220 e. The van der Waals surface area contributed by atoms with E-state index in [-0.39, 0.29) is 5.91 Å². The summed E-state index contributed by atoms with van der Waals surface area (Å²) in [5.41, 5.74) is 1.76. The summed E-state index contributed by atoms with van der Waals surface area (Å²) in [7, 11) is 0. The summed E-state index contributed by atoms with van der Waals surface area (Å²) in [6, 6.07) is 7.54. The monoisotopic (exact) mass is 256 g/mol. The maximum atomic E-state index is 11.7. The Morgan fingerprint density at radius 3 is 3.00 bits per heavy atom. The van der Waals surface area contributed by atoms with Crippen LogP contribution in [0.2, 0.25) is 0 Å². The zero-order valence-corrected chi connectivity index (χ0v) is 10.6. The van der Waals surface area contributed by atoms with E-state index in [2.05, 4.69) is 10.3 Å². The number of rotatable bonds is 5. The molecule has 4 heteroatoms. The van der Waals surface area contributed by atoms with Crippen LogP contribution in [0.1, 0.15) is 24.8 Å². The van der Waals surface area contributed by atoms with Gasteiger partial charge >= 0.3 is 0 Å². The molecule has 1 saturated carbocycles. The van der Waals surface area contributed by atoms with Gasteiger partial charge in [-0.25, -0.2) is 0 Å². The lowest BCUT2D eigenvalue weighted by Gasteiger charge is -2.08. The van der Waals surface area contributed by atoms with Crippen LogP contribution in [0.25, 0.3) is 11.5 Å². The molecule has 1 N–H and O–H groups in total. The van der Waals surface area contributed by atoms with E-state index < -0.39 is 0 Å². The summed E-state index contributed by atoms with van der Waals surface area (Å²) in [6.07, 6.45) is 6.39. The molecule has 1 aliphatic carbocycles. The van der Waals surface area contributed by atoms with Gasteiger partial charge in [0.2, 0.25) is 5.91 Å². The van der Waals surface area contributed by atoms with Gasteiger partial charge in [0.15, 0.2) is 5.76 Å². The number of carbonyl (C=O) groups is 1. The van der Waals surface area contributed by atoms with Gasteiger partial charge in [-0.3, -0.25) is 9.78 Å². The lowest BCUT2D eigenvalue weighted by Crippen LogP contribution is -2.23. The van der Waals surface area contributed by atoms with E-state index in [1.807, 2.05) is 24.3 Å². The first-order chi connectivity index (χ1) is 9.33. The smallest absolute Gasteiger partial charge is 0.220 e. The summed E-state index contributed by atoms with van der Waals surface area (Å²) in [5.74, 6) is 1.46. The minimum absolute atomic E-state index is 0.122. The Labute approximate surface area is 111 Å². The van der Waals surface area contributed by atoms with E-state index in [1.165, 1.54) is 12.8 Å². The molecule has 2 aromatic rings. The van der Waals surface area contributed by atoms with Crippen molar-refractivity contribution < 1.29 is 9.21 Å². The lowest BCUT2D eigenvalue weighted by molar-refractivity contribution is -0.121. The molecule has 0 aromatic carbocycles. The van der Waals surface area contributed by atoms with Gasteiger partial charge in [-0.05, 0) is 37.0 Å². The summed E-state index contributed by atoms with van der Waals surface area (Å²) >= 11 is 0. The van der Waals surface area contributed by atoms with Crippen LogP contribution >= 0.6 is 0 Å². The van der Waals surface area contributed by atoms with Crippen LogP contribution < -0.4 is 5.32 Å². The van der Waals surface area contributed by atoms with Crippen LogP contribution in [0, 0.1) is 5.92 Å². The zero-order chi connectivity index (χ0) is 13.1. The molecule has 2 aromatic heterocycles. The molecule has 0 unspecified atom stereocenters. The normalized spacial score (nSPS) is 14.3. The number of aromatic nitrogens is 1. The fraction of sp³-hybridized carbons (Fsp3) is 0.333. The average Bonchev–Trinajstić information content (AvgIpc) is 3.07. The average molecular weight is 256 g/mol. The largest absolute Gasteiger partial charge is 0.463 e. The van der Waals surface area contributed by atoms with E-state index in [0.29, 0.717) is 18.9 Å². The molecule has 98 valence electrons. The molecule has 1 fully saturated rings. The number of hydrogen-bond donors (Lipinski definition) is 1. The van der Waals surface area contributed by atoms with Gasteiger partial charge < -0.3 is 9.73 Å². The van der Waals surface area contributed by atoms with Crippen molar-refractivity contribution in [2.75, 3.05) is 0 Å². The van der Waals surface area contributed by atoms with Crippen molar-refractivity contribution in [3.05, 3.63) is 42.3 Å². The van der Waals surface area contributed by atoms with Crippen LogP contribution in [-0.4, -0.2) is 10.9 Å².